The lowest BCUT2D eigenvalue weighted by atomic mass is 9.47. The topological polar surface area (TPSA) is 431 Å². The highest BCUT2D eigenvalue weighted by Crippen LogP contribution is 2.68. The van der Waals surface area contributed by atoms with Crippen molar-refractivity contribution < 1.29 is 136 Å². The SMILES string of the molecule is CC(C)C1OC1C(C)(O)C1CCC2C3CC(OC4OC(C)C(O)C(OC5OCC(OC6OC(CO)C(O)C(O)C6OC6OC(C)C(O)C(O)C6O)C(O)C5OC5OC(C)C(O)C(O)C5O)C4O)C4CC(OS(=O)(=O)O)CCC4(C)C3=CCC21C. The number of epoxide rings is 1. The monoisotopic (exact) mass is 1230 g/mol. The van der Waals surface area contributed by atoms with Crippen molar-refractivity contribution in [3.8, 4) is 0 Å². The minimum Gasteiger partial charge on any atom is -0.394 e. The Labute approximate surface area is 487 Å². The van der Waals surface area contributed by atoms with Crippen molar-refractivity contribution in [3.63, 3.8) is 0 Å². The lowest BCUT2D eigenvalue weighted by Gasteiger charge is -2.60. The van der Waals surface area contributed by atoms with Gasteiger partial charge in [0.1, 0.15) is 104 Å². The van der Waals surface area contributed by atoms with Gasteiger partial charge < -0.3 is 118 Å². The first kappa shape index (κ1) is 65.6. The highest BCUT2D eigenvalue weighted by atomic mass is 32.3. The summed E-state index contributed by atoms with van der Waals surface area (Å²) in [4.78, 5) is 0. The van der Waals surface area contributed by atoms with E-state index >= 15 is 0 Å². The average molecular weight is 1230 g/mol. The highest BCUT2D eigenvalue weighted by molar-refractivity contribution is 7.80. The molecule has 84 heavy (non-hydrogen) atoms. The predicted octanol–water partition coefficient (Wildman–Crippen LogP) is -3.26. The second kappa shape index (κ2) is 24.7. The highest BCUT2D eigenvalue weighted by Gasteiger charge is 2.67. The molecule has 6 aliphatic heterocycles. The number of hydrogen-bond donors (Lipinski definition) is 14. The maximum absolute atomic E-state index is 12.4. The second-order valence-electron chi connectivity index (χ2n) is 26.5. The van der Waals surface area contributed by atoms with E-state index < -0.39 is 200 Å². The zero-order chi connectivity index (χ0) is 61.2. The molecule has 14 N–H and O–H groups in total. The minimum atomic E-state index is -4.87. The van der Waals surface area contributed by atoms with E-state index in [1.54, 1.807) is 0 Å². The fourth-order valence-electron chi connectivity index (χ4n) is 16.0. The van der Waals surface area contributed by atoms with Crippen LogP contribution in [0.15, 0.2) is 11.6 Å². The average Bonchev–Trinajstić information content (AvgIpc) is 1.44. The minimum absolute atomic E-state index is 0.0611. The number of allylic oxidation sites excluding steroid dienone is 2. The summed E-state index contributed by atoms with van der Waals surface area (Å²) in [6.07, 6.45) is -37.1. The van der Waals surface area contributed by atoms with Crippen molar-refractivity contribution in [1.82, 2.24) is 0 Å². The summed E-state index contributed by atoms with van der Waals surface area (Å²) >= 11 is 0. The molecule has 0 aromatic rings. The van der Waals surface area contributed by atoms with E-state index in [2.05, 4.69) is 33.8 Å². The van der Waals surface area contributed by atoms with Crippen LogP contribution in [-0.2, 0) is 66.7 Å². The van der Waals surface area contributed by atoms with Crippen LogP contribution in [0, 0.1) is 40.4 Å². The molecule has 0 aromatic carbocycles. The Morgan fingerprint density at radius 3 is 1.75 bits per heavy atom. The normalized spacial score (nSPS) is 54.2. The molecule has 10 rings (SSSR count). The largest absolute Gasteiger partial charge is 0.397 e. The lowest BCUT2D eigenvalue weighted by molar-refractivity contribution is -0.398. The number of fused-ring (bicyclic) bond motifs is 5. The van der Waals surface area contributed by atoms with Crippen LogP contribution < -0.4 is 0 Å². The van der Waals surface area contributed by atoms with E-state index in [9.17, 15) is 79.4 Å². The van der Waals surface area contributed by atoms with Gasteiger partial charge in [-0.25, -0.2) is 4.18 Å². The second-order valence-corrected chi connectivity index (χ2v) is 27.5. The quantitative estimate of drug-likeness (QED) is 0.0410. The molecule has 484 valence electrons. The standard InChI is InChI=1S/C55H90O28S/c1-19(2)43-47(79-43)55(8,68)31-10-9-25-24-16-28(27-15-23(83-84(69,70)71)11-13-53(27,6)26(24)12-14-54(25,31)7)76-50-42(67)44(34(59)22(5)75-50)80-51-45(81-48-40(65)37(62)32(57)20(3)73-48)36(61)30(18-72-51)78-52-46(39(64)35(60)29(17-56)77-52)82-49-41(66)38(63)33(58)21(4)74-49/h12,19-25,27-52,56-68H,9-11,13-18H2,1-8H3,(H,69,70,71). The molecule has 4 aliphatic carbocycles. The molecule has 6 saturated heterocycles. The van der Waals surface area contributed by atoms with Crippen molar-refractivity contribution in [1.29, 1.82) is 0 Å². The van der Waals surface area contributed by atoms with Gasteiger partial charge in [-0.2, -0.15) is 8.42 Å². The van der Waals surface area contributed by atoms with Crippen LogP contribution in [0.4, 0.5) is 0 Å². The van der Waals surface area contributed by atoms with Gasteiger partial charge in [0.25, 0.3) is 0 Å². The van der Waals surface area contributed by atoms with Crippen LogP contribution in [-0.4, -0.2) is 270 Å². The third kappa shape index (κ3) is 12.1. The van der Waals surface area contributed by atoms with Crippen LogP contribution >= 0.6 is 0 Å². The Kier molecular flexibility index (Phi) is 19.3. The summed E-state index contributed by atoms with van der Waals surface area (Å²) in [6, 6.07) is 0. The van der Waals surface area contributed by atoms with E-state index in [0.717, 1.165) is 12.8 Å². The molecular weight excluding hydrogens is 1140 g/mol. The van der Waals surface area contributed by atoms with Crippen molar-refractivity contribution in [2.45, 2.75) is 278 Å². The molecule has 28 nitrogen and oxygen atoms in total. The van der Waals surface area contributed by atoms with Crippen LogP contribution in [0.25, 0.3) is 0 Å². The van der Waals surface area contributed by atoms with Crippen molar-refractivity contribution in [2.75, 3.05) is 13.2 Å². The van der Waals surface area contributed by atoms with Gasteiger partial charge in [0.05, 0.1) is 55.4 Å². The fourth-order valence-corrected chi connectivity index (χ4v) is 16.5. The summed E-state index contributed by atoms with van der Waals surface area (Å²) in [5.74, 6) is -0.400. The predicted molar refractivity (Wildman–Crippen MR) is 280 cm³/mol. The van der Waals surface area contributed by atoms with Gasteiger partial charge in [0, 0.05) is 0 Å². The maximum atomic E-state index is 12.4. The first-order valence-electron chi connectivity index (χ1n) is 29.7. The molecule has 0 spiro atoms. The van der Waals surface area contributed by atoms with Gasteiger partial charge in [0.2, 0.25) is 0 Å². The number of hydrogen-bond acceptors (Lipinski definition) is 27. The molecule has 6 heterocycles. The van der Waals surface area contributed by atoms with Gasteiger partial charge in [-0.15, -0.1) is 0 Å². The Morgan fingerprint density at radius 2 is 1.18 bits per heavy atom. The van der Waals surface area contributed by atoms with Crippen molar-refractivity contribution in [2.24, 2.45) is 40.4 Å². The van der Waals surface area contributed by atoms with E-state index in [-0.39, 0.29) is 54.1 Å². The van der Waals surface area contributed by atoms with Gasteiger partial charge in [-0.3, -0.25) is 4.55 Å². The van der Waals surface area contributed by atoms with E-state index in [1.807, 2.05) is 6.92 Å². The molecule has 0 radical (unpaired) electrons. The molecule has 29 heteroatoms. The fraction of sp³-hybridized carbons (Fsp3) is 0.964. The Morgan fingerprint density at radius 1 is 0.619 bits per heavy atom. The van der Waals surface area contributed by atoms with Crippen LogP contribution in [0.1, 0.15) is 100 Å². The third-order valence-corrected chi connectivity index (χ3v) is 21.3. The number of rotatable bonds is 16. The molecule has 3 saturated carbocycles. The van der Waals surface area contributed by atoms with Gasteiger partial charge in [-0.05, 0) is 113 Å². The van der Waals surface area contributed by atoms with Crippen LogP contribution in [0.2, 0.25) is 0 Å². The first-order valence-corrected chi connectivity index (χ1v) is 31.0. The van der Waals surface area contributed by atoms with Gasteiger partial charge >= 0.3 is 10.4 Å². The molecule has 0 bridgehead atoms. The summed E-state index contributed by atoms with van der Waals surface area (Å²) in [6.45, 7) is 13.1. The summed E-state index contributed by atoms with van der Waals surface area (Å²) < 4.78 is 107. The van der Waals surface area contributed by atoms with E-state index in [4.69, 9.17) is 56.3 Å². The lowest BCUT2D eigenvalue weighted by Crippen LogP contribution is -2.67. The zero-order valence-electron chi connectivity index (χ0n) is 48.4. The Balaban J connectivity index is 0.914. The molecule has 35 unspecified atom stereocenters. The molecule has 0 aromatic heterocycles. The van der Waals surface area contributed by atoms with Gasteiger partial charge in [0.15, 0.2) is 31.5 Å². The van der Waals surface area contributed by atoms with Crippen LogP contribution in [0.5, 0.6) is 0 Å². The molecular formula is C55H90O28S. The van der Waals surface area contributed by atoms with E-state index in [1.165, 1.54) is 26.3 Å². The molecule has 10 aliphatic rings. The number of aliphatic hydroxyl groups is 13. The molecule has 9 fully saturated rings. The summed E-state index contributed by atoms with van der Waals surface area (Å²) in [5.41, 5.74) is -0.903. The Bertz CT molecular complexity index is 2410. The van der Waals surface area contributed by atoms with Crippen molar-refractivity contribution >= 4 is 10.4 Å². The Hall–Kier alpha value is -1.35. The first-order chi connectivity index (χ1) is 39.3. The molecule has 0 amide bonds. The maximum Gasteiger partial charge on any atom is 0.397 e. The van der Waals surface area contributed by atoms with Crippen molar-refractivity contribution in [3.05, 3.63) is 11.6 Å². The smallest absolute Gasteiger partial charge is 0.394 e. The molecule has 35 atom stereocenters. The summed E-state index contributed by atoms with van der Waals surface area (Å²) in [5, 5.41) is 145. The van der Waals surface area contributed by atoms with Gasteiger partial charge in [-0.1, -0.05) is 39.3 Å². The zero-order valence-corrected chi connectivity index (χ0v) is 49.2. The van der Waals surface area contributed by atoms with Crippen LogP contribution in [0.3, 0.4) is 0 Å². The third-order valence-electron chi connectivity index (χ3n) is 20.8. The van der Waals surface area contributed by atoms with E-state index in [0.29, 0.717) is 19.3 Å². The summed E-state index contributed by atoms with van der Waals surface area (Å²) in [7, 11) is -4.87. The number of aliphatic hydroxyl groups excluding tert-OH is 12. The number of ether oxygens (including phenoxy) is 11.